The van der Waals surface area contributed by atoms with E-state index in [0.717, 1.165) is 0 Å². The van der Waals surface area contributed by atoms with Crippen molar-refractivity contribution in [1.82, 2.24) is 0 Å². The zero-order valence-corrected chi connectivity index (χ0v) is 6.65. The van der Waals surface area contributed by atoms with Gasteiger partial charge in [0.05, 0.1) is 6.61 Å². The summed E-state index contributed by atoms with van der Waals surface area (Å²) in [6.07, 6.45) is -1.50. The van der Waals surface area contributed by atoms with E-state index in [0.29, 0.717) is 0 Å². The largest absolute Gasteiger partial charge is 0.385 e. The van der Waals surface area contributed by atoms with Gasteiger partial charge in [0.25, 0.3) is 5.91 Å². The van der Waals surface area contributed by atoms with Crippen LogP contribution in [0.15, 0.2) is 0 Å². The van der Waals surface area contributed by atoms with Crippen molar-refractivity contribution in [2.75, 3.05) is 6.61 Å². The molecule has 1 fully saturated rings. The van der Waals surface area contributed by atoms with Gasteiger partial charge in [-0.25, -0.2) is 0 Å². The summed E-state index contributed by atoms with van der Waals surface area (Å²) in [5.41, 5.74) is 6.70. The number of carbonyl (C=O) groups excluding carboxylic acids is 1. The van der Waals surface area contributed by atoms with Crippen LogP contribution in [0.2, 0.25) is 0 Å². The van der Waals surface area contributed by atoms with Crippen LogP contribution in [0.3, 0.4) is 0 Å². The number of nitrogens with two attached hydrogens (primary N) is 2. The fraction of sp³-hybridized carbons (Fsp3) is 0.833. The summed E-state index contributed by atoms with van der Waals surface area (Å²) < 4.78 is 4.73. The minimum atomic E-state index is -1.97. The zero-order chi connectivity index (χ0) is 9.57. The van der Waals surface area contributed by atoms with Gasteiger partial charge in [-0.2, -0.15) is 0 Å². The Morgan fingerprint density at radius 2 is 2.25 bits per heavy atom. The summed E-state index contributed by atoms with van der Waals surface area (Å²) in [6.45, 7) is 1.10. The fourth-order valence-electron chi connectivity index (χ4n) is 1.09. The normalized spacial score (nSPS) is 47.8. The fourth-order valence-corrected chi connectivity index (χ4v) is 1.09. The molecule has 6 heteroatoms. The highest BCUT2D eigenvalue weighted by atomic mass is 16.6. The third kappa shape index (κ3) is 1.09. The molecule has 1 heterocycles. The number of aliphatic hydroxyl groups excluding tert-OH is 1. The van der Waals surface area contributed by atoms with E-state index in [1.165, 1.54) is 6.92 Å². The van der Waals surface area contributed by atoms with Gasteiger partial charge in [-0.15, -0.1) is 0 Å². The monoisotopic (exact) mass is 176 g/mol. The first-order chi connectivity index (χ1) is 5.31. The highest BCUT2D eigenvalue weighted by Crippen LogP contribution is 2.29. The van der Waals surface area contributed by atoms with Crippen LogP contribution in [0.4, 0.5) is 0 Å². The van der Waals surface area contributed by atoms with Crippen molar-refractivity contribution < 1.29 is 19.7 Å². The number of ether oxygens (including phenoxy) is 1. The molecule has 70 valence electrons. The molecule has 1 aliphatic heterocycles. The van der Waals surface area contributed by atoms with E-state index in [1.54, 1.807) is 0 Å². The molecular formula is C6H12N2O4. The number of amides is 1. The van der Waals surface area contributed by atoms with E-state index in [1.807, 2.05) is 0 Å². The van der Waals surface area contributed by atoms with Crippen LogP contribution in [0.25, 0.3) is 0 Å². The Balaban J connectivity index is 2.93. The number of hydrogen-bond acceptors (Lipinski definition) is 5. The van der Waals surface area contributed by atoms with Gasteiger partial charge in [0.15, 0.2) is 0 Å². The molecule has 1 rings (SSSR count). The zero-order valence-electron chi connectivity index (χ0n) is 6.65. The molecule has 3 atom stereocenters. The number of rotatable bonds is 1. The molecule has 6 nitrogen and oxygen atoms in total. The van der Waals surface area contributed by atoms with Gasteiger partial charge in [-0.3, -0.25) is 10.5 Å². The summed E-state index contributed by atoms with van der Waals surface area (Å²) >= 11 is 0. The maximum absolute atomic E-state index is 10.7. The molecule has 0 bridgehead atoms. The molecule has 0 aromatic carbocycles. The smallest absolute Gasteiger partial charge is 0.267 e. The summed E-state index contributed by atoms with van der Waals surface area (Å²) in [6, 6.07) is 0. The Hall–Kier alpha value is -0.690. The summed E-state index contributed by atoms with van der Waals surface area (Å²) in [5, 5.41) is 18.7. The number of hydrogen-bond donors (Lipinski definition) is 4. The van der Waals surface area contributed by atoms with E-state index in [2.05, 4.69) is 0 Å². The minimum Gasteiger partial charge on any atom is -0.385 e. The van der Waals surface area contributed by atoms with Gasteiger partial charge in [0.2, 0.25) is 5.72 Å². The summed E-state index contributed by atoms with van der Waals surface area (Å²) in [4.78, 5) is 10.7. The molecule has 0 saturated carbocycles. The lowest BCUT2D eigenvalue weighted by Crippen LogP contribution is -2.62. The lowest BCUT2D eigenvalue weighted by molar-refractivity contribution is -0.147. The molecule has 6 N–H and O–H groups in total. The van der Waals surface area contributed by atoms with Crippen molar-refractivity contribution in [3.8, 4) is 0 Å². The highest BCUT2D eigenvalue weighted by Gasteiger charge is 2.56. The first-order valence-corrected chi connectivity index (χ1v) is 3.44. The second-order valence-corrected chi connectivity index (χ2v) is 3.21. The SMILES string of the molecule is CC1(O)COC(N)(C(N)=O)C1O. The molecule has 1 amide bonds. The highest BCUT2D eigenvalue weighted by molar-refractivity contribution is 5.84. The lowest BCUT2D eigenvalue weighted by Gasteiger charge is -2.26. The average Bonchev–Trinajstić information content (AvgIpc) is 2.15. The van der Waals surface area contributed by atoms with Crippen molar-refractivity contribution in [2.45, 2.75) is 24.4 Å². The van der Waals surface area contributed by atoms with Crippen LogP contribution in [-0.2, 0) is 9.53 Å². The number of primary amides is 1. The maximum atomic E-state index is 10.7. The molecule has 0 aromatic heterocycles. The van der Waals surface area contributed by atoms with Gasteiger partial charge in [0.1, 0.15) is 11.7 Å². The van der Waals surface area contributed by atoms with Crippen LogP contribution < -0.4 is 11.5 Å². The third-order valence-electron chi connectivity index (χ3n) is 1.98. The summed E-state index contributed by atoms with van der Waals surface area (Å²) in [7, 11) is 0. The molecule has 12 heavy (non-hydrogen) atoms. The Kier molecular flexibility index (Phi) is 1.88. The van der Waals surface area contributed by atoms with Crippen molar-refractivity contribution >= 4 is 5.91 Å². The van der Waals surface area contributed by atoms with E-state index in [4.69, 9.17) is 16.2 Å². The molecule has 0 spiro atoms. The van der Waals surface area contributed by atoms with Gasteiger partial charge in [-0.05, 0) is 6.92 Å². The van der Waals surface area contributed by atoms with E-state index in [-0.39, 0.29) is 6.61 Å². The van der Waals surface area contributed by atoms with E-state index < -0.39 is 23.3 Å². The van der Waals surface area contributed by atoms with E-state index in [9.17, 15) is 15.0 Å². The molecule has 3 unspecified atom stereocenters. The van der Waals surface area contributed by atoms with Gasteiger partial charge in [0, 0.05) is 0 Å². The maximum Gasteiger partial charge on any atom is 0.267 e. The second kappa shape index (κ2) is 2.40. The first-order valence-electron chi connectivity index (χ1n) is 3.44. The van der Waals surface area contributed by atoms with Gasteiger partial charge in [-0.1, -0.05) is 0 Å². The standard InChI is InChI=1S/C6H12N2O4/c1-5(11)2-12-6(8,3(5)9)4(7)10/h3,9,11H,2,8H2,1H3,(H2,7,10). The Bertz CT molecular complexity index is 218. The van der Waals surface area contributed by atoms with Crippen molar-refractivity contribution in [3.63, 3.8) is 0 Å². The molecule has 0 aromatic rings. The molecule has 0 aliphatic carbocycles. The summed E-state index contributed by atoms with van der Waals surface area (Å²) in [5.74, 6) is -0.993. The van der Waals surface area contributed by atoms with Crippen LogP contribution in [0.1, 0.15) is 6.92 Å². The van der Waals surface area contributed by atoms with Gasteiger partial charge >= 0.3 is 0 Å². The van der Waals surface area contributed by atoms with E-state index >= 15 is 0 Å². The Labute approximate surface area is 69.1 Å². The second-order valence-electron chi connectivity index (χ2n) is 3.21. The third-order valence-corrected chi connectivity index (χ3v) is 1.98. The van der Waals surface area contributed by atoms with Crippen LogP contribution >= 0.6 is 0 Å². The topological polar surface area (TPSA) is 119 Å². The lowest BCUT2D eigenvalue weighted by atomic mass is 9.95. The quantitative estimate of drug-likeness (QED) is 0.346. The first kappa shape index (κ1) is 9.40. The number of aliphatic hydroxyl groups is 2. The van der Waals surface area contributed by atoms with Crippen molar-refractivity contribution in [2.24, 2.45) is 11.5 Å². The Morgan fingerprint density at radius 1 is 1.75 bits per heavy atom. The number of carbonyl (C=O) groups is 1. The average molecular weight is 176 g/mol. The van der Waals surface area contributed by atoms with Gasteiger partial charge < -0.3 is 20.7 Å². The van der Waals surface area contributed by atoms with Crippen LogP contribution in [-0.4, -0.2) is 40.2 Å². The molecule has 1 aliphatic rings. The molecular weight excluding hydrogens is 164 g/mol. The van der Waals surface area contributed by atoms with Crippen molar-refractivity contribution in [3.05, 3.63) is 0 Å². The van der Waals surface area contributed by atoms with Crippen molar-refractivity contribution in [1.29, 1.82) is 0 Å². The minimum absolute atomic E-state index is 0.215. The molecule has 0 radical (unpaired) electrons. The van der Waals surface area contributed by atoms with Crippen LogP contribution in [0.5, 0.6) is 0 Å². The molecule has 1 saturated heterocycles. The predicted octanol–water partition coefficient (Wildman–Crippen LogP) is -2.73. The predicted molar refractivity (Wildman–Crippen MR) is 38.7 cm³/mol. The van der Waals surface area contributed by atoms with Crippen LogP contribution in [0, 0.1) is 0 Å². The Morgan fingerprint density at radius 3 is 2.42 bits per heavy atom.